The molecule has 0 aliphatic carbocycles. The molecule has 87 heavy (non-hydrogen) atoms. The molecule has 0 atom stereocenters. The molecule has 0 saturated carbocycles. The van der Waals surface area contributed by atoms with E-state index in [0.717, 1.165) is 74.4 Å². The molecule has 0 aromatic heterocycles. The molecule has 2 N–H and O–H groups in total. The van der Waals surface area contributed by atoms with Crippen molar-refractivity contribution in [3.8, 4) is 11.5 Å². The average molecular weight is 1290 g/mol. The van der Waals surface area contributed by atoms with Gasteiger partial charge in [0.2, 0.25) is 0 Å². The van der Waals surface area contributed by atoms with Gasteiger partial charge in [0.25, 0.3) is 0 Å². The van der Waals surface area contributed by atoms with Crippen molar-refractivity contribution in [2.75, 3.05) is 18.5 Å². The zero-order valence-corrected chi connectivity index (χ0v) is 53.2. The molecule has 0 saturated heterocycles. The summed E-state index contributed by atoms with van der Waals surface area (Å²) in [6.45, 7) is 8.79. The second-order valence-corrected chi connectivity index (χ2v) is 24.9. The van der Waals surface area contributed by atoms with Gasteiger partial charge in [0, 0.05) is 45.2 Å². The lowest BCUT2D eigenvalue weighted by Crippen LogP contribution is -2.12. The predicted molar refractivity (Wildman–Crippen MR) is 349 cm³/mol. The number of hydrogen-bond donors (Lipinski definition) is 2. The van der Waals surface area contributed by atoms with Crippen molar-refractivity contribution >= 4 is 96.5 Å². The summed E-state index contributed by atoms with van der Waals surface area (Å²) in [6, 6.07) is 77.2. The maximum Gasteiger partial charge on any atom is 0.339 e. The van der Waals surface area contributed by atoms with E-state index < -0.39 is 31.1 Å². The van der Waals surface area contributed by atoms with Crippen molar-refractivity contribution in [3.05, 3.63) is 265 Å². The summed E-state index contributed by atoms with van der Waals surface area (Å²) in [6.07, 6.45) is 1.55. The van der Waals surface area contributed by atoms with E-state index in [0.29, 0.717) is 12.2 Å². The van der Waals surface area contributed by atoms with Crippen LogP contribution in [0.25, 0.3) is 10.8 Å². The van der Waals surface area contributed by atoms with Crippen molar-refractivity contribution < 1.29 is 59.9 Å². The Morgan fingerprint density at radius 2 is 1.10 bits per heavy atom. The first-order valence-corrected chi connectivity index (χ1v) is 32.8. The Hall–Kier alpha value is -7.57. The minimum Gasteiger partial charge on any atom is -0.744 e. The van der Waals surface area contributed by atoms with Crippen LogP contribution in [0.1, 0.15) is 48.2 Å². The number of ether oxygens (including phenoxy) is 2. The third-order valence-electron chi connectivity index (χ3n) is 11.6. The Bertz CT molecular complexity index is 3830. The fraction of sp³-hybridized carbons (Fsp3) is 0.119. The fourth-order valence-electron chi connectivity index (χ4n) is 7.26. The van der Waals surface area contributed by atoms with Crippen LogP contribution in [0.4, 0.5) is 11.4 Å². The number of carbonyl (C=O) groups excluding carboxylic acids is 1. The number of aryl methyl sites for hydroxylation is 2. The zero-order chi connectivity index (χ0) is 62.9. The smallest absolute Gasteiger partial charge is 0.339 e. The van der Waals surface area contributed by atoms with Crippen molar-refractivity contribution in [2.45, 2.75) is 79.7 Å². The van der Waals surface area contributed by atoms with E-state index in [1.165, 1.54) is 79.0 Å². The summed E-state index contributed by atoms with van der Waals surface area (Å²) in [4.78, 5) is 17.8. The number of thiol groups is 2. The molecule has 0 spiro atoms. The minimum absolute atomic E-state index is 0.178. The molecular formula is C67H67NO13S6. The first kappa shape index (κ1) is 70.2. The Balaban J connectivity index is 0.000000195. The number of hydrogen-bond acceptors (Lipinski definition) is 15. The van der Waals surface area contributed by atoms with E-state index in [2.05, 4.69) is 82.8 Å². The standard InChI is InChI=1S/C16H13NO3S.C15H16OS.C12H10OS.C11H14O5S.C7H8O3S.C6H6S/c18-19-20-21-14-10-9-12-5-4-8-16(15(12)11-14)17-13-6-2-1-3-7-13;1-3-16-13-6-10-15(11-7-13)17-14-8-4-12(2)5-9-14;13-10-6-8-12(9-7-10)14-11-4-2-1-3-5-11;1-2-3-8-16-11(12)9-6-4-5-7-10(9)17(13,14)15;1-6-2-4-7(5-3-6)11(8,9)10;7-6-4-2-1-3-5-6/h1-11,17-18H;4-11H,3H2,1-2H3;1-9,13H;4-7H,2-3,8H2,1H3,(H,13,14,15);2-5H,1H3,(H,8,9,10);1-5,7H. The Morgan fingerprint density at radius 3 is 1.63 bits per heavy atom. The minimum atomic E-state index is -4.66. The fourth-order valence-corrected chi connectivity index (χ4v) is 10.8. The molecule has 20 heteroatoms. The van der Waals surface area contributed by atoms with E-state index >= 15 is 0 Å². The number of unbranched alkanes of at least 4 members (excludes halogenated alkanes) is 1. The average Bonchev–Trinajstić information content (AvgIpc) is 3.58. The van der Waals surface area contributed by atoms with Crippen molar-refractivity contribution in [1.82, 2.24) is 0 Å². The number of nitrogens with one attached hydrogen (secondary N) is 1. The van der Waals surface area contributed by atoms with Gasteiger partial charge in [0.05, 0.1) is 40.6 Å². The van der Waals surface area contributed by atoms with Crippen LogP contribution in [0, 0.1) is 13.8 Å². The molecule has 0 heterocycles. The zero-order valence-electron chi connectivity index (χ0n) is 48.0. The predicted octanol–water partition coefficient (Wildman–Crippen LogP) is 13.6. The highest BCUT2D eigenvalue weighted by molar-refractivity contribution is 7.94. The second-order valence-electron chi connectivity index (χ2n) is 18.3. The number of anilines is 2. The van der Waals surface area contributed by atoms with Crippen molar-refractivity contribution in [1.29, 1.82) is 0 Å². The number of fused-ring (bicyclic) bond motifs is 1. The summed E-state index contributed by atoms with van der Waals surface area (Å²) in [5, 5.41) is 28.0. The van der Waals surface area contributed by atoms with E-state index in [-0.39, 0.29) is 17.1 Å². The van der Waals surface area contributed by atoms with Crippen molar-refractivity contribution in [3.63, 3.8) is 0 Å². The molecule has 0 aliphatic rings. The maximum atomic E-state index is 11.6. The van der Waals surface area contributed by atoms with Crippen LogP contribution in [0.5, 0.6) is 11.5 Å². The van der Waals surface area contributed by atoms with Crippen molar-refractivity contribution in [2.24, 2.45) is 0 Å². The normalized spacial score (nSPS) is 10.5. The van der Waals surface area contributed by atoms with Crippen LogP contribution >= 0.6 is 12.0 Å². The number of esters is 1. The van der Waals surface area contributed by atoms with Crippen LogP contribution in [0.2, 0.25) is 0 Å². The van der Waals surface area contributed by atoms with Gasteiger partial charge in [-0.05, 0) is 185 Å². The highest BCUT2D eigenvalue weighted by Gasteiger charge is 2.16. The summed E-state index contributed by atoms with van der Waals surface area (Å²) in [5.41, 5.74) is 4.03. The van der Waals surface area contributed by atoms with Gasteiger partial charge in [-0.2, -0.15) is 4.33 Å². The largest absolute Gasteiger partial charge is 0.744 e. The molecule has 0 fully saturated rings. The third-order valence-corrected chi connectivity index (χ3v) is 16.4. The van der Waals surface area contributed by atoms with E-state index in [1.54, 1.807) is 24.3 Å². The number of phenols is 1. The molecule has 0 unspecified atom stereocenters. The molecule has 10 rings (SSSR count). The Morgan fingerprint density at radius 1 is 0.586 bits per heavy atom. The van der Waals surface area contributed by atoms with Crippen LogP contribution in [0.3, 0.4) is 0 Å². The molecule has 0 radical (unpaired) electrons. The van der Waals surface area contributed by atoms with E-state index in [4.69, 9.17) is 14.6 Å². The van der Waals surface area contributed by atoms with Crippen LogP contribution < -0.4 is 15.3 Å². The van der Waals surface area contributed by atoms with Gasteiger partial charge < -0.3 is 34.3 Å². The highest BCUT2D eigenvalue weighted by atomic mass is 32.2. The summed E-state index contributed by atoms with van der Waals surface area (Å²) < 4.78 is 78.6. The first-order chi connectivity index (χ1) is 41.8. The van der Waals surface area contributed by atoms with Crippen LogP contribution in [-0.4, -0.2) is 50.2 Å². The summed E-state index contributed by atoms with van der Waals surface area (Å²) in [7, 11) is -8.93. The SMILES string of the molecule is CCCCOC(=O)c1ccccc1S(=O)(=O)[O-].CCOc1ccc([SH+]c2ccc(C)cc2)cc1.Cc1ccc(S(=O)(=O)[O-])cc1.Oc1ccc([SH+]c2ccccc2)cc1.[O-]OOSc1ccc2cccc(Nc3ccccc3)c2c1.[SH2+]c1ccccc1. The van der Waals surface area contributed by atoms with Crippen LogP contribution in [0.15, 0.2) is 288 Å². The second kappa shape index (κ2) is 37.9. The molecule has 10 aromatic rings. The monoisotopic (exact) mass is 1290 g/mol. The van der Waals surface area contributed by atoms with Gasteiger partial charge in [0.1, 0.15) is 36.6 Å². The lowest BCUT2D eigenvalue weighted by molar-refractivity contribution is -0.777. The molecule has 10 aromatic carbocycles. The number of phenolic OH excluding ortho intramolecular Hbond substituents is 1. The summed E-state index contributed by atoms with van der Waals surface area (Å²) >= 11 is 6.66. The quantitative estimate of drug-likeness (QED) is 0.0126. The Kier molecular flexibility index (Phi) is 30.6. The number of benzene rings is 10. The lowest BCUT2D eigenvalue weighted by Gasteiger charge is -2.11. The van der Waals surface area contributed by atoms with Gasteiger partial charge in [-0.3, -0.25) is 5.04 Å². The number of carbonyl (C=O) groups is 1. The maximum absolute atomic E-state index is 11.6. The first-order valence-electron chi connectivity index (χ1n) is 26.9. The molecule has 14 nitrogen and oxygen atoms in total. The van der Waals surface area contributed by atoms with E-state index in [1.807, 2.05) is 160 Å². The topological polar surface area (TPSA) is 224 Å². The molecular weight excluding hydrogens is 1220 g/mol. The van der Waals surface area contributed by atoms with Gasteiger partial charge in [-0.15, -0.1) is 0 Å². The number of rotatable bonds is 17. The number of para-hydroxylation sites is 1. The van der Waals surface area contributed by atoms with Gasteiger partial charge in [-0.1, -0.05) is 134 Å². The van der Waals surface area contributed by atoms with Gasteiger partial charge in [0.15, 0.2) is 19.6 Å². The Labute approximate surface area is 527 Å². The molecule has 0 bridgehead atoms. The molecule has 454 valence electrons. The van der Waals surface area contributed by atoms with Gasteiger partial charge in [-0.25, -0.2) is 21.6 Å². The highest BCUT2D eigenvalue weighted by Crippen LogP contribution is 2.31. The van der Waals surface area contributed by atoms with Crippen LogP contribution in [-0.2, 0) is 70.5 Å². The summed E-state index contributed by atoms with van der Waals surface area (Å²) in [5.74, 6) is 0.473. The van der Waals surface area contributed by atoms with Gasteiger partial charge >= 0.3 is 5.97 Å². The molecule has 0 amide bonds. The molecule has 0 aliphatic heterocycles. The number of aromatic hydroxyl groups is 1. The third kappa shape index (κ3) is 26.9. The lowest BCUT2D eigenvalue weighted by atomic mass is 10.1. The van der Waals surface area contributed by atoms with E-state index in [9.17, 15) is 36.0 Å².